The van der Waals surface area contributed by atoms with E-state index in [1.54, 1.807) is 0 Å². The average Bonchev–Trinajstić information content (AvgIpc) is 1.99. The number of hydrogen-bond donors (Lipinski definition) is 1. The van der Waals surface area contributed by atoms with Gasteiger partial charge in [-0.05, 0) is 0 Å². The largest absolute Gasteiger partial charge is 0.325 e. The fourth-order valence-electron chi connectivity index (χ4n) is 0.914. The molecule has 0 aromatic rings. The molecular weight excluding hydrogens is 202 g/mol. The van der Waals surface area contributed by atoms with Crippen LogP contribution >= 0.6 is 11.6 Å². The van der Waals surface area contributed by atoms with Crippen LogP contribution in [0.4, 0.5) is 4.79 Å². The Bertz CT molecular complexity index is 281. The van der Waals surface area contributed by atoms with Gasteiger partial charge < -0.3 is 5.32 Å². The van der Waals surface area contributed by atoms with Gasteiger partial charge in [-0.1, -0.05) is 11.6 Å². The van der Waals surface area contributed by atoms with Gasteiger partial charge in [-0.3, -0.25) is 19.8 Å². The minimum absolute atomic E-state index is 0.631. The number of amides is 3. The summed E-state index contributed by atoms with van der Waals surface area (Å²) in [6.45, 7) is 0. The van der Waals surface area contributed by atoms with Gasteiger partial charge in [-0.15, -0.1) is 0 Å². The predicted octanol–water partition coefficient (Wildman–Crippen LogP) is -0.622. The molecule has 1 saturated heterocycles. The molecule has 3 amide bonds. The van der Waals surface area contributed by atoms with Gasteiger partial charge in [-0.25, -0.2) is 4.79 Å². The zero-order chi connectivity index (χ0) is 10.2. The van der Waals surface area contributed by atoms with Gasteiger partial charge in [0.25, 0.3) is 0 Å². The second-order valence-corrected chi connectivity index (χ2v) is 2.95. The highest BCUT2D eigenvalue weighted by Gasteiger charge is 2.46. The third-order valence-corrected chi connectivity index (χ3v) is 2.00. The molecule has 0 spiro atoms. The Hall–Kier alpha value is -1.37. The number of carbonyl (C=O) groups excluding carboxylic acids is 2. The number of halogens is 1. The van der Waals surface area contributed by atoms with Crippen LogP contribution in [-0.4, -0.2) is 40.4 Å². The van der Waals surface area contributed by atoms with Crippen molar-refractivity contribution >= 4 is 23.5 Å². The third kappa shape index (κ3) is 1.55. The first-order valence-corrected chi connectivity index (χ1v) is 3.74. The zero-order valence-electron chi connectivity index (χ0n) is 6.56. The Morgan fingerprint density at radius 2 is 2.15 bits per heavy atom. The molecule has 0 aromatic carbocycles. The van der Waals surface area contributed by atoms with Crippen LogP contribution in [0, 0.1) is 10.1 Å². The number of nitrogens with one attached hydrogen (secondary N) is 1. The van der Waals surface area contributed by atoms with Gasteiger partial charge in [0.1, 0.15) is 0 Å². The summed E-state index contributed by atoms with van der Waals surface area (Å²) in [5.41, 5.74) is -1.29. The summed E-state index contributed by atoms with van der Waals surface area (Å²) in [6.07, 6.45) is 0. The molecule has 2 atom stereocenters. The van der Waals surface area contributed by atoms with Crippen molar-refractivity contribution in [1.82, 2.24) is 10.2 Å². The summed E-state index contributed by atoms with van der Waals surface area (Å²) in [5, 5.41) is 12.4. The van der Waals surface area contributed by atoms with Crippen molar-refractivity contribution in [3.8, 4) is 0 Å². The molecule has 7 nitrogen and oxygen atoms in total. The van der Waals surface area contributed by atoms with E-state index in [2.05, 4.69) is 5.32 Å². The number of likely N-dealkylation sites (N-methyl/N-ethyl adjacent to an activating group) is 1. The number of carbonyl (C=O) groups is 2. The molecule has 13 heavy (non-hydrogen) atoms. The molecule has 2 unspecified atom stereocenters. The smallest absolute Gasteiger partial charge is 0.315 e. The van der Waals surface area contributed by atoms with E-state index in [9.17, 15) is 19.7 Å². The van der Waals surface area contributed by atoms with Crippen molar-refractivity contribution in [1.29, 1.82) is 0 Å². The fourth-order valence-corrected chi connectivity index (χ4v) is 1.21. The fraction of sp³-hybridized carbons (Fsp3) is 0.600. The van der Waals surface area contributed by atoms with Gasteiger partial charge >= 0.3 is 18.0 Å². The minimum atomic E-state index is -1.61. The third-order valence-electron chi connectivity index (χ3n) is 1.65. The van der Waals surface area contributed by atoms with Crippen LogP contribution < -0.4 is 5.32 Å². The maximum Gasteiger partial charge on any atom is 0.325 e. The molecule has 72 valence electrons. The topological polar surface area (TPSA) is 92.6 Å². The van der Waals surface area contributed by atoms with Gasteiger partial charge in [-0.2, -0.15) is 0 Å². The Kier molecular flexibility index (Phi) is 2.37. The van der Waals surface area contributed by atoms with E-state index in [1.807, 2.05) is 0 Å². The number of rotatable bonds is 1. The summed E-state index contributed by atoms with van der Waals surface area (Å²) in [4.78, 5) is 32.2. The molecule has 1 heterocycles. The van der Waals surface area contributed by atoms with E-state index in [4.69, 9.17) is 11.6 Å². The standard InChI is InChI=1S/C5H6ClN3O4/c1-8-4(10)2(9(12)13)3(6)7-5(8)11/h2-3H,1H3,(H,7,11). The van der Waals surface area contributed by atoms with E-state index in [-0.39, 0.29) is 0 Å². The van der Waals surface area contributed by atoms with E-state index in [1.165, 1.54) is 0 Å². The highest BCUT2D eigenvalue weighted by Crippen LogP contribution is 2.12. The lowest BCUT2D eigenvalue weighted by Crippen LogP contribution is -2.61. The summed E-state index contributed by atoms with van der Waals surface area (Å²) in [5.74, 6) is -0.909. The Balaban J connectivity index is 2.92. The lowest BCUT2D eigenvalue weighted by molar-refractivity contribution is -0.509. The van der Waals surface area contributed by atoms with Crippen LogP contribution in [0.2, 0.25) is 0 Å². The summed E-state index contributed by atoms with van der Waals surface area (Å²) < 4.78 is 0. The van der Waals surface area contributed by atoms with Crippen LogP contribution in [0.5, 0.6) is 0 Å². The summed E-state index contributed by atoms with van der Waals surface area (Å²) in [7, 11) is 1.15. The molecule has 1 aliphatic heterocycles. The van der Waals surface area contributed by atoms with Gasteiger partial charge in [0.2, 0.25) is 0 Å². The molecule has 1 fully saturated rings. The highest BCUT2D eigenvalue weighted by molar-refractivity contribution is 6.24. The van der Waals surface area contributed by atoms with Crippen molar-refractivity contribution in [2.75, 3.05) is 7.05 Å². The molecule has 8 heteroatoms. The van der Waals surface area contributed by atoms with Crippen molar-refractivity contribution in [2.24, 2.45) is 0 Å². The molecule has 0 aromatic heterocycles. The molecule has 0 aliphatic carbocycles. The number of urea groups is 1. The molecule has 1 rings (SSSR count). The van der Waals surface area contributed by atoms with E-state index < -0.39 is 28.4 Å². The minimum Gasteiger partial charge on any atom is -0.315 e. The number of hydrogen-bond acceptors (Lipinski definition) is 4. The molecule has 1 N–H and O–H groups in total. The normalized spacial score (nSPS) is 28.6. The summed E-state index contributed by atoms with van der Waals surface area (Å²) >= 11 is 5.41. The first-order valence-electron chi connectivity index (χ1n) is 3.30. The van der Waals surface area contributed by atoms with E-state index >= 15 is 0 Å². The van der Waals surface area contributed by atoms with E-state index in [0.29, 0.717) is 4.90 Å². The zero-order valence-corrected chi connectivity index (χ0v) is 7.32. The number of nitrogens with zero attached hydrogens (tertiary/aromatic N) is 2. The first-order chi connectivity index (χ1) is 5.95. The average molecular weight is 208 g/mol. The van der Waals surface area contributed by atoms with Crippen LogP contribution in [0.3, 0.4) is 0 Å². The Labute approximate surface area is 77.8 Å². The van der Waals surface area contributed by atoms with E-state index in [0.717, 1.165) is 7.05 Å². The Morgan fingerprint density at radius 1 is 1.62 bits per heavy atom. The first kappa shape index (κ1) is 9.72. The number of alkyl halides is 1. The van der Waals surface area contributed by atoms with Gasteiger partial charge in [0, 0.05) is 12.0 Å². The molecule has 0 radical (unpaired) electrons. The van der Waals surface area contributed by atoms with Crippen molar-refractivity contribution in [3.63, 3.8) is 0 Å². The van der Waals surface area contributed by atoms with Crippen LogP contribution in [0.1, 0.15) is 0 Å². The second-order valence-electron chi connectivity index (χ2n) is 2.48. The van der Waals surface area contributed by atoms with Crippen LogP contribution in [0.15, 0.2) is 0 Å². The highest BCUT2D eigenvalue weighted by atomic mass is 35.5. The van der Waals surface area contributed by atoms with Gasteiger partial charge in [0.05, 0.1) is 0 Å². The lowest BCUT2D eigenvalue weighted by atomic mass is 10.2. The molecule has 0 saturated carbocycles. The molecular formula is C5H6ClN3O4. The maximum atomic E-state index is 11.1. The molecule has 0 bridgehead atoms. The summed E-state index contributed by atoms with van der Waals surface area (Å²) in [6, 6.07) is -2.34. The maximum absolute atomic E-state index is 11.1. The quantitative estimate of drug-likeness (QED) is 0.268. The number of imide groups is 1. The molecule has 1 aliphatic rings. The monoisotopic (exact) mass is 207 g/mol. The van der Waals surface area contributed by atoms with Crippen LogP contribution in [0.25, 0.3) is 0 Å². The van der Waals surface area contributed by atoms with Crippen LogP contribution in [-0.2, 0) is 4.79 Å². The van der Waals surface area contributed by atoms with Crippen molar-refractivity contribution < 1.29 is 14.5 Å². The van der Waals surface area contributed by atoms with Crippen molar-refractivity contribution in [2.45, 2.75) is 11.5 Å². The van der Waals surface area contributed by atoms with Crippen molar-refractivity contribution in [3.05, 3.63) is 10.1 Å². The van der Waals surface area contributed by atoms with Gasteiger partial charge in [0.15, 0.2) is 5.50 Å². The predicted molar refractivity (Wildman–Crippen MR) is 41.7 cm³/mol. The second kappa shape index (κ2) is 3.17. The SMILES string of the molecule is CN1C(=O)NC(Cl)C([N+](=O)[O-])C1=O. The lowest BCUT2D eigenvalue weighted by Gasteiger charge is -2.27. The Morgan fingerprint density at radius 3 is 2.62 bits per heavy atom. The number of nitro groups is 1.